The first-order valence-corrected chi connectivity index (χ1v) is 6.43. The third-order valence-corrected chi connectivity index (χ3v) is 2.68. The van der Waals surface area contributed by atoms with E-state index in [9.17, 15) is 0 Å². The van der Waals surface area contributed by atoms with Crippen molar-refractivity contribution >= 4 is 0 Å². The van der Waals surface area contributed by atoms with Gasteiger partial charge in [-0.05, 0) is 24.3 Å². The maximum Gasteiger partial charge on any atom is 0.119 e. The molecule has 0 heterocycles. The summed E-state index contributed by atoms with van der Waals surface area (Å²) in [6.07, 6.45) is 0. The normalized spacial score (nSPS) is 11.7. The fraction of sp³-hybridized carbons (Fsp3) is 0.600. The van der Waals surface area contributed by atoms with E-state index in [2.05, 4.69) is 33.0 Å². The average Bonchev–Trinajstić information content (AvgIpc) is 2.35. The van der Waals surface area contributed by atoms with Gasteiger partial charge in [-0.25, -0.2) is 0 Å². The Morgan fingerprint density at radius 2 is 1.67 bits per heavy atom. The highest BCUT2D eigenvalue weighted by atomic mass is 16.5. The molecule has 1 aromatic rings. The number of ether oxygens (including phenoxy) is 2. The van der Waals surface area contributed by atoms with Gasteiger partial charge in [-0.2, -0.15) is 0 Å². The molecule has 0 aromatic heterocycles. The number of hydrogen-bond acceptors (Lipinski definition) is 3. The van der Waals surface area contributed by atoms with Crippen molar-refractivity contribution in [1.29, 1.82) is 0 Å². The molecule has 0 saturated carbocycles. The summed E-state index contributed by atoms with van der Waals surface area (Å²) in [5, 5.41) is 3.44. The van der Waals surface area contributed by atoms with Crippen LogP contribution in [0.15, 0.2) is 24.3 Å². The van der Waals surface area contributed by atoms with Crippen molar-refractivity contribution in [2.45, 2.75) is 33.7 Å². The molecule has 3 nitrogen and oxygen atoms in total. The SMILES string of the molecule is COc1ccc(OCC(C)(C)CNC(C)C)cc1. The van der Waals surface area contributed by atoms with E-state index < -0.39 is 0 Å². The van der Waals surface area contributed by atoms with Crippen molar-refractivity contribution in [1.82, 2.24) is 5.32 Å². The van der Waals surface area contributed by atoms with Crippen LogP contribution in [0.2, 0.25) is 0 Å². The average molecular weight is 251 g/mol. The molecule has 0 aliphatic rings. The molecular weight excluding hydrogens is 226 g/mol. The van der Waals surface area contributed by atoms with Crippen LogP contribution >= 0.6 is 0 Å². The van der Waals surface area contributed by atoms with Gasteiger partial charge in [0, 0.05) is 18.0 Å². The second-order valence-electron chi connectivity index (χ2n) is 5.66. The topological polar surface area (TPSA) is 30.5 Å². The van der Waals surface area contributed by atoms with E-state index in [1.165, 1.54) is 0 Å². The summed E-state index contributed by atoms with van der Waals surface area (Å²) in [5.41, 5.74) is 0.115. The van der Waals surface area contributed by atoms with E-state index in [0.717, 1.165) is 18.0 Å². The van der Waals surface area contributed by atoms with Gasteiger partial charge in [-0.3, -0.25) is 0 Å². The van der Waals surface area contributed by atoms with Gasteiger partial charge in [0.1, 0.15) is 11.5 Å². The quantitative estimate of drug-likeness (QED) is 0.807. The fourth-order valence-electron chi connectivity index (χ4n) is 1.48. The Balaban J connectivity index is 2.42. The van der Waals surface area contributed by atoms with E-state index in [1.54, 1.807) is 7.11 Å². The van der Waals surface area contributed by atoms with Crippen molar-refractivity contribution in [3.8, 4) is 11.5 Å². The minimum absolute atomic E-state index is 0.115. The van der Waals surface area contributed by atoms with E-state index in [-0.39, 0.29) is 5.41 Å². The van der Waals surface area contributed by atoms with Gasteiger partial charge in [0.25, 0.3) is 0 Å². The Labute approximate surface area is 110 Å². The van der Waals surface area contributed by atoms with Gasteiger partial charge in [-0.1, -0.05) is 27.7 Å². The van der Waals surface area contributed by atoms with Crippen LogP contribution in [0.4, 0.5) is 0 Å². The van der Waals surface area contributed by atoms with Gasteiger partial charge >= 0.3 is 0 Å². The summed E-state index contributed by atoms with van der Waals surface area (Å²) >= 11 is 0. The highest BCUT2D eigenvalue weighted by Crippen LogP contribution is 2.20. The van der Waals surface area contributed by atoms with Gasteiger partial charge < -0.3 is 14.8 Å². The molecule has 0 aliphatic heterocycles. The van der Waals surface area contributed by atoms with Crippen molar-refractivity contribution in [3.05, 3.63) is 24.3 Å². The van der Waals surface area contributed by atoms with Crippen LogP contribution in [0.25, 0.3) is 0 Å². The summed E-state index contributed by atoms with van der Waals surface area (Å²) in [4.78, 5) is 0. The highest BCUT2D eigenvalue weighted by molar-refractivity contribution is 5.31. The molecule has 0 spiro atoms. The summed E-state index contributed by atoms with van der Waals surface area (Å²) < 4.78 is 10.9. The second-order valence-corrected chi connectivity index (χ2v) is 5.66. The number of rotatable bonds is 7. The Morgan fingerprint density at radius 3 is 2.17 bits per heavy atom. The highest BCUT2D eigenvalue weighted by Gasteiger charge is 2.19. The van der Waals surface area contributed by atoms with Crippen LogP contribution in [-0.2, 0) is 0 Å². The Hall–Kier alpha value is -1.22. The monoisotopic (exact) mass is 251 g/mol. The van der Waals surface area contributed by atoms with Gasteiger partial charge in [-0.15, -0.1) is 0 Å². The number of methoxy groups -OCH3 is 1. The molecular formula is C15H25NO2. The van der Waals surface area contributed by atoms with E-state index in [1.807, 2.05) is 24.3 Å². The lowest BCUT2D eigenvalue weighted by Crippen LogP contribution is -2.37. The van der Waals surface area contributed by atoms with Crippen LogP contribution in [0.5, 0.6) is 11.5 Å². The van der Waals surface area contributed by atoms with E-state index >= 15 is 0 Å². The molecule has 1 aromatic carbocycles. The van der Waals surface area contributed by atoms with Crippen molar-refractivity contribution in [3.63, 3.8) is 0 Å². The molecule has 0 fully saturated rings. The Bertz CT molecular complexity index is 344. The van der Waals surface area contributed by atoms with Crippen LogP contribution in [-0.4, -0.2) is 26.3 Å². The fourth-order valence-corrected chi connectivity index (χ4v) is 1.48. The molecule has 0 aliphatic carbocycles. The number of benzene rings is 1. The molecule has 3 heteroatoms. The molecule has 18 heavy (non-hydrogen) atoms. The molecule has 1 rings (SSSR count). The lowest BCUT2D eigenvalue weighted by molar-refractivity contribution is 0.173. The molecule has 102 valence electrons. The lowest BCUT2D eigenvalue weighted by Gasteiger charge is -2.26. The summed E-state index contributed by atoms with van der Waals surface area (Å²) in [6, 6.07) is 8.20. The minimum Gasteiger partial charge on any atom is -0.497 e. The molecule has 0 amide bonds. The zero-order valence-electron chi connectivity index (χ0n) is 12.1. The van der Waals surface area contributed by atoms with Gasteiger partial charge in [0.05, 0.1) is 13.7 Å². The molecule has 0 atom stereocenters. The molecule has 0 radical (unpaired) electrons. The number of hydrogen-bond donors (Lipinski definition) is 1. The molecule has 0 saturated heterocycles. The van der Waals surface area contributed by atoms with E-state index in [4.69, 9.17) is 9.47 Å². The van der Waals surface area contributed by atoms with Crippen LogP contribution in [0.1, 0.15) is 27.7 Å². The zero-order chi connectivity index (χ0) is 13.6. The molecule has 0 unspecified atom stereocenters. The maximum absolute atomic E-state index is 5.81. The van der Waals surface area contributed by atoms with Crippen molar-refractivity contribution in [2.75, 3.05) is 20.3 Å². The maximum atomic E-state index is 5.81. The van der Waals surface area contributed by atoms with Crippen LogP contribution in [0.3, 0.4) is 0 Å². The lowest BCUT2D eigenvalue weighted by atomic mass is 9.94. The molecule has 1 N–H and O–H groups in total. The predicted octanol–water partition coefficient (Wildman–Crippen LogP) is 3.10. The summed E-state index contributed by atoms with van der Waals surface area (Å²) in [6.45, 7) is 10.3. The van der Waals surface area contributed by atoms with E-state index in [0.29, 0.717) is 12.6 Å². The van der Waals surface area contributed by atoms with Gasteiger partial charge in [0.2, 0.25) is 0 Å². The first-order chi connectivity index (χ1) is 8.43. The first-order valence-electron chi connectivity index (χ1n) is 6.43. The zero-order valence-corrected chi connectivity index (χ0v) is 12.1. The summed E-state index contributed by atoms with van der Waals surface area (Å²) in [7, 11) is 1.66. The minimum atomic E-state index is 0.115. The number of nitrogens with one attached hydrogen (secondary N) is 1. The van der Waals surface area contributed by atoms with Crippen molar-refractivity contribution < 1.29 is 9.47 Å². The largest absolute Gasteiger partial charge is 0.497 e. The molecule has 0 bridgehead atoms. The second kappa shape index (κ2) is 6.64. The summed E-state index contributed by atoms with van der Waals surface area (Å²) in [5.74, 6) is 1.73. The third kappa shape index (κ3) is 5.41. The van der Waals surface area contributed by atoms with Crippen LogP contribution < -0.4 is 14.8 Å². The third-order valence-electron chi connectivity index (χ3n) is 2.68. The van der Waals surface area contributed by atoms with Crippen LogP contribution in [0, 0.1) is 5.41 Å². The smallest absolute Gasteiger partial charge is 0.119 e. The van der Waals surface area contributed by atoms with Crippen molar-refractivity contribution in [2.24, 2.45) is 5.41 Å². The Morgan fingerprint density at radius 1 is 1.11 bits per heavy atom. The Kier molecular flexibility index (Phi) is 5.48. The predicted molar refractivity (Wildman–Crippen MR) is 75.4 cm³/mol. The first kappa shape index (κ1) is 14.8. The van der Waals surface area contributed by atoms with Gasteiger partial charge in [0.15, 0.2) is 0 Å². The standard InChI is InChI=1S/C15H25NO2/c1-12(2)16-10-15(3,4)11-18-14-8-6-13(17-5)7-9-14/h6-9,12,16H,10-11H2,1-5H3.